The van der Waals surface area contributed by atoms with E-state index < -0.39 is 23.7 Å². The van der Waals surface area contributed by atoms with Crippen molar-refractivity contribution in [1.82, 2.24) is 10.3 Å². The Hall–Kier alpha value is -2.76. The van der Waals surface area contributed by atoms with Crippen molar-refractivity contribution in [3.63, 3.8) is 0 Å². The summed E-state index contributed by atoms with van der Waals surface area (Å²) in [4.78, 5) is 28.5. The van der Waals surface area contributed by atoms with Gasteiger partial charge in [0.05, 0.1) is 0 Å². The maximum atomic E-state index is 13.0. The number of carboxylic acid groups (broad SMARTS) is 1. The monoisotopic (exact) mass is 426 g/mol. The number of pyridine rings is 1. The summed E-state index contributed by atoms with van der Waals surface area (Å²) in [6.07, 6.45) is 11.0. The lowest BCUT2D eigenvalue weighted by Crippen LogP contribution is -2.40. The fourth-order valence-corrected chi connectivity index (χ4v) is 4.05. The second kappa shape index (κ2) is 11.6. The minimum Gasteiger partial charge on any atom is -0.480 e. The number of aromatic nitrogens is 1. The summed E-state index contributed by atoms with van der Waals surface area (Å²) in [5.41, 5.74) is 4.12. The van der Waals surface area contributed by atoms with Gasteiger partial charge in [-0.15, -0.1) is 0 Å². The van der Waals surface area contributed by atoms with E-state index in [1.165, 1.54) is 54.1 Å². The number of hydrogen-bond donors (Lipinski definition) is 2. The van der Waals surface area contributed by atoms with Crippen molar-refractivity contribution < 1.29 is 19.1 Å². The van der Waals surface area contributed by atoms with Crippen LogP contribution in [0.15, 0.2) is 36.4 Å². The number of aryl methyl sites for hydroxylation is 3. The number of hydrogen-bond acceptors (Lipinski definition) is 3. The van der Waals surface area contributed by atoms with E-state index in [4.69, 9.17) is 4.98 Å². The van der Waals surface area contributed by atoms with E-state index in [2.05, 4.69) is 17.4 Å². The number of halogens is 1. The van der Waals surface area contributed by atoms with Crippen molar-refractivity contribution >= 4 is 11.9 Å². The van der Waals surface area contributed by atoms with Gasteiger partial charge < -0.3 is 10.4 Å². The highest BCUT2D eigenvalue weighted by Crippen LogP contribution is 2.20. The standard InChI is InChI=1S/C25H31FN2O3/c26-20-15-12-19(13-16-20)24(29)28-23(25(30)31)11-5-3-1-2-4-9-21-17-14-18-8-6-7-10-22(18)27-21/h12-17,23H,1-11H2,(H,28,29)(H,30,31). The van der Waals surface area contributed by atoms with Gasteiger partial charge in [-0.3, -0.25) is 9.78 Å². The Labute approximate surface area is 183 Å². The molecule has 1 aromatic heterocycles. The normalized spacial score (nSPS) is 14.0. The second-order valence-corrected chi connectivity index (χ2v) is 8.29. The second-order valence-electron chi connectivity index (χ2n) is 8.29. The fraction of sp³-hybridized carbons (Fsp3) is 0.480. The Balaban J connectivity index is 1.32. The summed E-state index contributed by atoms with van der Waals surface area (Å²) < 4.78 is 13.0. The Morgan fingerprint density at radius 3 is 2.45 bits per heavy atom. The van der Waals surface area contributed by atoms with Crippen LogP contribution in [0, 0.1) is 5.82 Å². The third-order valence-corrected chi connectivity index (χ3v) is 5.87. The summed E-state index contributed by atoms with van der Waals surface area (Å²) in [6.45, 7) is 0. The zero-order chi connectivity index (χ0) is 22.1. The zero-order valence-electron chi connectivity index (χ0n) is 17.9. The van der Waals surface area contributed by atoms with Crippen LogP contribution in [0.4, 0.5) is 4.39 Å². The largest absolute Gasteiger partial charge is 0.480 e. The van der Waals surface area contributed by atoms with Gasteiger partial charge in [0.25, 0.3) is 5.91 Å². The molecule has 3 rings (SSSR count). The Kier molecular flexibility index (Phi) is 8.56. The van der Waals surface area contributed by atoms with E-state index in [0.717, 1.165) is 51.4 Å². The summed E-state index contributed by atoms with van der Waals surface area (Å²) >= 11 is 0. The van der Waals surface area contributed by atoms with Gasteiger partial charge in [-0.25, -0.2) is 9.18 Å². The molecule has 2 aromatic rings. The number of benzene rings is 1. The molecule has 5 nitrogen and oxygen atoms in total. The smallest absolute Gasteiger partial charge is 0.326 e. The molecule has 1 heterocycles. The molecule has 31 heavy (non-hydrogen) atoms. The molecule has 0 radical (unpaired) electrons. The third-order valence-electron chi connectivity index (χ3n) is 5.87. The van der Waals surface area contributed by atoms with Gasteiger partial charge in [-0.05, 0) is 80.8 Å². The van der Waals surface area contributed by atoms with Crippen molar-refractivity contribution in [1.29, 1.82) is 0 Å². The van der Waals surface area contributed by atoms with Gasteiger partial charge in [0, 0.05) is 17.0 Å². The number of carboxylic acids is 1. The molecule has 0 spiro atoms. The quantitative estimate of drug-likeness (QED) is 0.503. The van der Waals surface area contributed by atoms with Crippen LogP contribution in [0.1, 0.15) is 78.7 Å². The molecule has 1 aliphatic rings. The minimum absolute atomic E-state index is 0.253. The van der Waals surface area contributed by atoms with Crippen LogP contribution >= 0.6 is 0 Å². The fourth-order valence-electron chi connectivity index (χ4n) is 4.05. The topological polar surface area (TPSA) is 79.3 Å². The summed E-state index contributed by atoms with van der Waals surface area (Å²) in [7, 11) is 0. The number of amides is 1. The average molecular weight is 427 g/mol. The molecule has 0 saturated heterocycles. The van der Waals surface area contributed by atoms with Crippen molar-refractivity contribution in [3.8, 4) is 0 Å². The number of carbonyl (C=O) groups is 2. The molecule has 1 aliphatic carbocycles. The Bertz CT molecular complexity index is 883. The number of aliphatic carboxylic acids is 1. The number of carbonyl (C=O) groups excluding carboxylic acids is 1. The lowest BCUT2D eigenvalue weighted by molar-refractivity contribution is -0.139. The van der Waals surface area contributed by atoms with Crippen LogP contribution in [0.3, 0.4) is 0 Å². The number of nitrogens with zero attached hydrogens (tertiary/aromatic N) is 1. The molecule has 0 saturated carbocycles. The first kappa shape index (κ1) is 22.9. The maximum absolute atomic E-state index is 13.0. The number of nitrogens with one attached hydrogen (secondary N) is 1. The predicted molar refractivity (Wildman–Crippen MR) is 118 cm³/mol. The molecule has 2 N–H and O–H groups in total. The van der Waals surface area contributed by atoms with Crippen LogP contribution in [0.5, 0.6) is 0 Å². The third kappa shape index (κ3) is 7.16. The van der Waals surface area contributed by atoms with Crippen LogP contribution in [-0.4, -0.2) is 28.0 Å². The Morgan fingerprint density at radius 1 is 0.968 bits per heavy atom. The van der Waals surface area contributed by atoms with Crippen LogP contribution < -0.4 is 5.32 Å². The van der Waals surface area contributed by atoms with Gasteiger partial charge in [0.1, 0.15) is 11.9 Å². The molecular formula is C25H31FN2O3. The molecule has 166 valence electrons. The molecular weight excluding hydrogens is 395 g/mol. The summed E-state index contributed by atoms with van der Waals surface area (Å²) in [5, 5.41) is 11.9. The summed E-state index contributed by atoms with van der Waals surface area (Å²) in [5.74, 6) is -1.98. The van der Waals surface area contributed by atoms with Gasteiger partial charge in [0.15, 0.2) is 0 Å². The molecule has 1 amide bonds. The highest BCUT2D eigenvalue weighted by molar-refractivity contribution is 5.96. The number of rotatable bonds is 11. The lowest BCUT2D eigenvalue weighted by atomic mass is 9.95. The first-order valence-corrected chi connectivity index (χ1v) is 11.3. The van der Waals surface area contributed by atoms with Gasteiger partial charge in [0.2, 0.25) is 0 Å². The molecule has 0 aliphatic heterocycles. The van der Waals surface area contributed by atoms with E-state index >= 15 is 0 Å². The Morgan fingerprint density at radius 2 is 1.68 bits per heavy atom. The van der Waals surface area contributed by atoms with Crippen molar-refractivity contribution in [2.24, 2.45) is 0 Å². The number of fused-ring (bicyclic) bond motifs is 1. The highest BCUT2D eigenvalue weighted by atomic mass is 19.1. The first-order valence-electron chi connectivity index (χ1n) is 11.3. The van der Waals surface area contributed by atoms with E-state index in [0.29, 0.717) is 6.42 Å². The van der Waals surface area contributed by atoms with Crippen LogP contribution in [0.25, 0.3) is 0 Å². The maximum Gasteiger partial charge on any atom is 0.326 e. The first-order chi connectivity index (χ1) is 15.0. The highest BCUT2D eigenvalue weighted by Gasteiger charge is 2.20. The van der Waals surface area contributed by atoms with Crippen molar-refractivity contribution in [2.75, 3.05) is 0 Å². The molecule has 1 atom stereocenters. The van der Waals surface area contributed by atoms with Crippen LogP contribution in [-0.2, 0) is 24.1 Å². The van der Waals surface area contributed by atoms with Gasteiger partial charge in [-0.1, -0.05) is 31.7 Å². The lowest BCUT2D eigenvalue weighted by Gasteiger charge is -2.15. The van der Waals surface area contributed by atoms with E-state index in [1.807, 2.05) is 0 Å². The number of unbranched alkanes of at least 4 members (excludes halogenated alkanes) is 4. The molecule has 0 bridgehead atoms. The van der Waals surface area contributed by atoms with Gasteiger partial charge >= 0.3 is 5.97 Å². The predicted octanol–water partition coefficient (Wildman–Crippen LogP) is 4.87. The van der Waals surface area contributed by atoms with Crippen molar-refractivity contribution in [3.05, 3.63) is 64.7 Å². The van der Waals surface area contributed by atoms with E-state index in [1.54, 1.807) is 0 Å². The van der Waals surface area contributed by atoms with Gasteiger partial charge in [-0.2, -0.15) is 0 Å². The zero-order valence-corrected chi connectivity index (χ0v) is 17.9. The molecule has 0 fully saturated rings. The minimum atomic E-state index is -1.05. The molecule has 1 unspecified atom stereocenters. The summed E-state index contributed by atoms with van der Waals surface area (Å²) in [6, 6.07) is 8.53. The van der Waals surface area contributed by atoms with E-state index in [9.17, 15) is 19.1 Å². The van der Waals surface area contributed by atoms with E-state index in [-0.39, 0.29) is 5.56 Å². The molecule has 1 aromatic carbocycles. The average Bonchev–Trinajstić information content (AvgIpc) is 2.77. The van der Waals surface area contributed by atoms with Crippen LogP contribution in [0.2, 0.25) is 0 Å². The molecule has 6 heteroatoms. The van der Waals surface area contributed by atoms with Crippen molar-refractivity contribution in [2.45, 2.75) is 76.7 Å². The SMILES string of the molecule is O=C(NC(CCCCCCCc1ccc2c(n1)CCCC2)C(=O)O)c1ccc(F)cc1.